The predicted molar refractivity (Wildman–Crippen MR) is 123 cm³/mol. The van der Waals surface area contributed by atoms with Crippen molar-refractivity contribution in [3.63, 3.8) is 0 Å². The molecule has 6 nitrogen and oxygen atoms in total. The molecule has 0 radical (unpaired) electrons. The molecule has 4 aromatic rings. The Kier molecular flexibility index (Phi) is 5.34. The SMILES string of the molecule is COc1cccc2cc(C(=O)Oc3ccc4c(c3C)O/C(=C\c3c(F)cccc3Cl)C4=O)oc12. The van der Waals surface area contributed by atoms with Gasteiger partial charge in [-0.05, 0) is 49.4 Å². The van der Waals surface area contributed by atoms with Crippen molar-refractivity contribution >= 4 is 40.4 Å². The monoisotopic (exact) mass is 478 g/mol. The van der Waals surface area contributed by atoms with E-state index in [1.54, 1.807) is 31.2 Å². The van der Waals surface area contributed by atoms with Gasteiger partial charge in [0, 0.05) is 16.5 Å². The zero-order valence-electron chi connectivity index (χ0n) is 18.0. The summed E-state index contributed by atoms with van der Waals surface area (Å²) in [5, 5.41) is 0.834. The minimum Gasteiger partial charge on any atom is -0.493 e. The Morgan fingerprint density at radius 2 is 1.88 bits per heavy atom. The van der Waals surface area contributed by atoms with Crippen LogP contribution in [0.4, 0.5) is 4.39 Å². The van der Waals surface area contributed by atoms with Gasteiger partial charge >= 0.3 is 5.97 Å². The first-order valence-electron chi connectivity index (χ1n) is 10.2. The Morgan fingerprint density at radius 3 is 2.65 bits per heavy atom. The molecule has 3 aromatic carbocycles. The molecular weight excluding hydrogens is 463 g/mol. The first-order valence-corrected chi connectivity index (χ1v) is 10.6. The van der Waals surface area contributed by atoms with Crippen LogP contribution in [-0.2, 0) is 0 Å². The number of benzene rings is 3. The fourth-order valence-electron chi connectivity index (χ4n) is 3.71. The summed E-state index contributed by atoms with van der Waals surface area (Å²) in [6.45, 7) is 1.65. The molecule has 0 saturated heterocycles. The van der Waals surface area contributed by atoms with Crippen LogP contribution in [0.15, 0.2) is 64.8 Å². The molecule has 0 aliphatic carbocycles. The van der Waals surface area contributed by atoms with Crippen LogP contribution < -0.4 is 14.2 Å². The van der Waals surface area contributed by atoms with Crippen LogP contribution in [0.25, 0.3) is 17.0 Å². The van der Waals surface area contributed by atoms with Gasteiger partial charge in [0.25, 0.3) is 0 Å². The highest BCUT2D eigenvalue weighted by Gasteiger charge is 2.31. The van der Waals surface area contributed by atoms with Gasteiger partial charge in [-0.25, -0.2) is 9.18 Å². The Hall–Kier alpha value is -4.10. The second-order valence-electron chi connectivity index (χ2n) is 7.52. The number of hydrogen-bond donors (Lipinski definition) is 0. The van der Waals surface area contributed by atoms with Gasteiger partial charge in [-0.15, -0.1) is 0 Å². The molecule has 0 spiro atoms. The average Bonchev–Trinajstić information content (AvgIpc) is 3.40. The summed E-state index contributed by atoms with van der Waals surface area (Å²) in [5.74, 6) is -0.926. The Morgan fingerprint density at radius 1 is 1.09 bits per heavy atom. The summed E-state index contributed by atoms with van der Waals surface area (Å²) >= 11 is 6.06. The normalized spacial score (nSPS) is 13.8. The minimum absolute atomic E-state index is 0.00817. The molecular formula is C26H16ClFO6. The second kappa shape index (κ2) is 8.35. The first-order chi connectivity index (χ1) is 16.4. The van der Waals surface area contributed by atoms with Crippen LogP contribution in [0.3, 0.4) is 0 Å². The number of carbonyl (C=O) groups is 2. The number of allylic oxidation sites excluding steroid dienone is 1. The Labute approximate surface area is 198 Å². The van der Waals surface area contributed by atoms with E-state index in [0.717, 1.165) is 0 Å². The van der Waals surface area contributed by atoms with Crippen molar-refractivity contribution in [1.82, 2.24) is 0 Å². The summed E-state index contributed by atoms with van der Waals surface area (Å²) in [4.78, 5) is 25.5. The lowest BCUT2D eigenvalue weighted by molar-refractivity contribution is 0.0702. The smallest absolute Gasteiger partial charge is 0.379 e. The van der Waals surface area contributed by atoms with E-state index in [0.29, 0.717) is 22.3 Å². The van der Waals surface area contributed by atoms with Crippen molar-refractivity contribution in [3.8, 4) is 17.2 Å². The lowest BCUT2D eigenvalue weighted by Crippen LogP contribution is -2.08. The molecule has 0 saturated carbocycles. The number of furan rings is 1. The summed E-state index contributed by atoms with van der Waals surface area (Å²) in [5.41, 5.74) is 1.17. The van der Waals surface area contributed by atoms with Gasteiger partial charge in [0.05, 0.1) is 17.7 Å². The van der Waals surface area contributed by atoms with Crippen LogP contribution in [0.1, 0.15) is 32.0 Å². The maximum atomic E-state index is 14.2. The fraction of sp³-hybridized carbons (Fsp3) is 0.0769. The average molecular weight is 479 g/mol. The number of Topliss-reactive ketones (excluding diaryl/α,β-unsaturated/α-hetero) is 1. The van der Waals surface area contributed by atoms with Crippen LogP contribution in [0.5, 0.6) is 17.2 Å². The Bertz CT molecular complexity index is 1500. The molecule has 0 unspecified atom stereocenters. The van der Waals surface area contributed by atoms with E-state index < -0.39 is 17.6 Å². The van der Waals surface area contributed by atoms with Crippen molar-refractivity contribution in [3.05, 3.63) is 93.6 Å². The molecule has 1 aromatic heterocycles. The molecule has 0 N–H and O–H groups in total. The number of ketones is 1. The lowest BCUT2D eigenvalue weighted by atomic mass is 10.1. The van der Waals surface area contributed by atoms with Gasteiger partial charge in [0.2, 0.25) is 11.5 Å². The molecule has 2 heterocycles. The molecule has 170 valence electrons. The lowest BCUT2D eigenvalue weighted by Gasteiger charge is -2.09. The van der Waals surface area contributed by atoms with Crippen LogP contribution in [0, 0.1) is 12.7 Å². The summed E-state index contributed by atoms with van der Waals surface area (Å²) in [6, 6.07) is 14.0. The highest BCUT2D eigenvalue weighted by Crippen LogP contribution is 2.40. The van der Waals surface area contributed by atoms with Crippen molar-refractivity contribution in [2.24, 2.45) is 0 Å². The molecule has 34 heavy (non-hydrogen) atoms. The van der Waals surface area contributed by atoms with Gasteiger partial charge in [0.1, 0.15) is 17.3 Å². The largest absolute Gasteiger partial charge is 0.493 e. The fourth-order valence-corrected chi connectivity index (χ4v) is 3.92. The van der Waals surface area contributed by atoms with Crippen molar-refractivity contribution < 1.29 is 32.6 Å². The number of para-hydroxylation sites is 1. The van der Waals surface area contributed by atoms with Gasteiger partial charge in [-0.3, -0.25) is 4.79 Å². The number of rotatable bonds is 4. The molecule has 1 aliphatic rings. The van der Waals surface area contributed by atoms with Crippen molar-refractivity contribution in [2.45, 2.75) is 6.92 Å². The summed E-state index contributed by atoms with van der Waals surface area (Å²) in [6.07, 6.45) is 1.26. The van der Waals surface area contributed by atoms with Gasteiger partial charge in [0.15, 0.2) is 17.1 Å². The van der Waals surface area contributed by atoms with E-state index in [2.05, 4.69) is 0 Å². The number of carbonyl (C=O) groups excluding carboxylic acids is 2. The molecule has 0 atom stereocenters. The molecule has 0 amide bonds. The van der Waals surface area contributed by atoms with E-state index in [1.807, 2.05) is 0 Å². The number of methoxy groups -OCH3 is 1. The topological polar surface area (TPSA) is 75.0 Å². The Balaban J connectivity index is 1.44. The van der Waals surface area contributed by atoms with E-state index in [1.165, 1.54) is 43.5 Å². The number of fused-ring (bicyclic) bond motifs is 2. The maximum absolute atomic E-state index is 14.2. The number of halogens is 2. The van der Waals surface area contributed by atoms with E-state index >= 15 is 0 Å². The van der Waals surface area contributed by atoms with Gasteiger partial charge < -0.3 is 18.6 Å². The third-order valence-electron chi connectivity index (χ3n) is 5.44. The van der Waals surface area contributed by atoms with E-state index in [4.69, 9.17) is 30.2 Å². The number of hydrogen-bond acceptors (Lipinski definition) is 6. The quantitative estimate of drug-likeness (QED) is 0.192. The van der Waals surface area contributed by atoms with Crippen molar-refractivity contribution in [2.75, 3.05) is 7.11 Å². The van der Waals surface area contributed by atoms with Gasteiger partial charge in [-0.2, -0.15) is 0 Å². The molecule has 0 bridgehead atoms. The molecule has 1 aliphatic heterocycles. The van der Waals surface area contributed by atoms with Crippen LogP contribution in [-0.4, -0.2) is 18.9 Å². The summed E-state index contributed by atoms with van der Waals surface area (Å²) in [7, 11) is 1.51. The zero-order chi connectivity index (χ0) is 24.0. The number of esters is 1. The predicted octanol–water partition coefficient (Wildman–Crippen LogP) is 6.38. The zero-order valence-corrected chi connectivity index (χ0v) is 18.7. The van der Waals surface area contributed by atoms with Crippen LogP contribution in [0.2, 0.25) is 5.02 Å². The summed E-state index contributed by atoms with van der Waals surface area (Å²) < 4.78 is 36.3. The minimum atomic E-state index is -0.723. The second-order valence-corrected chi connectivity index (χ2v) is 7.93. The van der Waals surface area contributed by atoms with E-state index in [9.17, 15) is 14.0 Å². The molecule has 0 fully saturated rings. The maximum Gasteiger partial charge on any atom is 0.379 e. The van der Waals surface area contributed by atoms with E-state index in [-0.39, 0.29) is 39.2 Å². The standard InChI is InChI=1S/C26H16ClFO6/c1-13-19(34-26(30)22-11-14-5-3-8-20(31-2)25(14)33-22)10-9-15-23(29)21(32-24(13)15)12-16-17(27)6-4-7-18(16)28/h3-12H,1-2H3/b21-12-. The third-order valence-corrected chi connectivity index (χ3v) is 5.77. The third kappa shape index (κ3) is 3.60. The van der Waals surface area contributed by atoms with Crippen molar-refractivity contribution in [1.29, 1.82) is 0 Å². The van der Waals surface area contributed by atoms with Gasteiger partial charge in [-0.1, -0.05) is 29.8 Å². The van der Waals surface area contributed by atoms with Crippen LogP contribution >= 0.6 is 11.6 Å². The first kappa shape index (κ1) is 21.7. The molecule has 5 rings (SSSR count). The molecule has 8 heteroatoms. The highest BCUT2D eigenvalue weighted by atomic mass is 35.5. The number of ether oxygens (including phenoxy) is 3. The highest BCUT2D eigenvalue weighted by molar-refractivity contribution is 6.32.